The molecular formula is C15H17N3O. The van der Waals surface area contributed by atoms with E-state index in [1.54, 1.807) is 18.5 Å². The highest BCUT2D eigenvalue weighted by Gasteiger charge is 2.07. The first-order chi connectivity index (χ1) is 9.08. The number of pyridine rings is 1. The number of carbonyl (C=O) groups excluding carboxylic acids is 1. The third-order valence-corrected chi connectivity index (χ3v) is 2.84. The molecule has 1 aromatic carbocycles. The van der Waals surface area contributed by atoms with E-state index in [4.69, 9.17) is 5.73 Å². The highest BCUT2D eigenvalue weighted by molar-refractivity contribution is 5.92. The van der Waals surface area contributed by atoms with E-state index < -0.39 is 0 Å². The van der Waals surface area contributed by atoms with Crippen molar-refractivity contribution in [3.05, 3.63) is 42.7 Å². The lowest BCUT2D eigenvalue weighted by molar-refractivity contribution is -0.118. The SMILES string of the molecule is CC(C)C(=O)Nc1ccc(-c2cnccc2N)cc1. The second kappa shape index (κ2) is 5.52. The Hall–Kier alpha value is -2.36. The molecule has 0 saturated carbocycles. The topological polar surface area (TPSA) is 68.0 Å². The molecule has 98 valence electrons. The lowest BCUT2D eigenvalue weighted by Crippen LogP contribution is -2.17. The smallest absolute Gasteiger partial charge is 0.226 e. The maximum atomic E-state index is 11.6. The Morgan fingerprint density at radius 2 is 1.89 bits per heavy atom. The first-order valence-corrected chi connectivity index (χ1v) is 6.18. The summed E-state index contributed by atoms with van der Waals surface area (Å²) in [5.74, 6) is -0.0257. The van der Waals surface area contributed by atoms with E-state index in [1.165, 1.54) is 0 Å². The number of benzene rings is 1. The van der Waals surface area contributed by atoms with Crippen LogP contribution in [-0.2, 0) is 4.79 Å². The van der Waals surface area contributed by atoms with Crippen molar-refractivity contribution in [2.45, 2.75) is 13.8 Å². The van der Waals surface area contributed by atoms with Crippen molar-refractivity contribution in [2.24, 2.45) is 5.92 Å². The molecule has 19 heavy (non-hydrogen) atoms. The van der Waals surface area contributed by atoms with Crippen molar-refractivity contribution < 1.29 is 4.79 Å². The average Bonchev–Trinajstić information content (AvgIpc) is 2.40. The molecule has 0 atom stereocenters. The highest BCUT2D eigenvalue weighted by Crippen LogP contribution is 2.25. The number of aromatic nitrogens is 1. The number of nitrogens with one attached hydrogen (secondary N) is 1. The van der Waals surface area contributed by atoms with Crippen LogP contribution >= 0.6 is 0 Å². The van der Waals surface area contributed by atoms with Gasteiger partial charge in [-0.15, -0.1) is 0 Å². The summed E-state index contributed by atoms with van der Waals surface area (Å²) in [6, 6.07) is 9.33. The van der Waals surface area contributed by atoms with Crippen LogP contribution in [0.4, 0.5) is 11.4 Å². The Morgan fingerprint density at radius 3 is 2.47 bits per heavy atom. The van der Waals surface area contributed by atoms with Crippen LogP contribution in [0.25, 0.3) is 11.1 Å². The minimum Gasteiger partial charge on any atom is -0.398 e. The van der Waals surface area contributed by atoms with Crippen LogP contribution in [0.2, 0.25) is 0 Å². The van der Waals surface area contributed by atoms with Gasteiger partial charge in [-0.25, -0.2) is 0 Å². The first kappa shape index (κ1) is 13.1. The predicted octanol–water partition coefficient (Wildman–Crippen LogP) is 2.93. The summed E-state index contributed by atoms with van der Waals surface area (Å²) in [6.07, 6.45) is 3.40. The van der Waals surface area contributed by atoms with E-state index in [9.17, 15) is 4.79 Å². The third-order valence-electron chi connectivity index (χ3n) is 2.84. The van der Waals surface area contributed by atoms with Gasteiger partial charge < -0.3 is 11.1 Å². The van der Waals surface area contributed by atoms with Crippen LogP contribution < -0.4 is 11.1 Å². The molecule has 0 aliphatic carbocycles. The van der Waals surface area contributed by atoms with E-state index in [2.05, 4.69) is 10.3 Å². The molecule has 0 bridgehead atoms. The second-order valence-corrected chi connectivity index (χ2v) is 4.68. The van der Waals surface area contributed by atoms with Crippen molar-refractivity contribution in [1.82, 2.24) is 4.98 Å². The molecule has 0 unspecified atom stereocenters. The molecule has 4 nitrogen and oxygen atoms in total. The maximum Gasteiger partial charge on any atom is 0.226 e. The number of nitrogens with zero attached hydrogens (tertiary/aromatic N) is 1. The van der Waals surface area contributed by atoms with Gasteiger partial charge in [-0.05, 0) is 23.8 Å². The Balaban J connectivity index is 2.20. The van der Waals surface area contributed by atoms with Crippen molar-refractivity contribution in [3.63, 3.8) is 0 Å². The van der Waals surface area contributed by atoms with Gasteiger partial charge in [0.05, 0.1) is 0 Å². The van der Waals surface area contributed by atoms with E-state index in [0.29, 0.717) is 5.69 Å². The Morgan fingerprint density at radius 1 is 1.21 bits per heavy atom. The fourth-order valence-electron chi connectivity index (χ4n) is 1.67. The van der Waals surface area contributed by atoms with Crippen LogP contribution in [0, 0.1) is 5.92 Å². The molecule has 1 aromatic heterocycles. The third kappa shape index (κ3) is 3.10. The van der Waals surface area contributed by atoms with Gasteiger partial charge in [0.2, 0.25) is 5.91 Å². The van der Waals surface area contributed by atoms with Gasteiger partial charge in [0, 0.05) is 35.2 Å². The molecule has 0 saturated heterocycles. The normalized spacial score (nSPS) is 10.5. The summed E-state index contributed by atoms with van der Waals surface area (Å²) in [5, 5.41) is 2.85. The molecule has 0 radical (unpaired) electrons. The lowest BCUT2D eigenvalue weighted by Gasteiger charge is -2.09. The van der Waals surface area contributed by atoms with Gasteiger partial charge in [0.25, 0.3) is 0 Å². The van der Waals surface area contributed by atoms with Gasteiger partial charge >= 0.3 is 0 Å². The summed E-state index contributed by atoms with van der Waals surface area (Å²) >= 11 is 0. The zero-order valence-corrected chi connectivity index (χ0v) is 11.1. The molecular weight excluding hydrogens is 238 g/mol. The summed E-state index contributed by atoms with van der Waals surface area (Å²) in [6.45, 7) is 3.72. The lowest BCUT2D eigenvalue weighted by atomic mass is 10.1. The fourth-order valence-corrected chi connectivity index (χ4v) is 1.67. The molecule has 0 aliphatic heterocycles. The standard InChI is InChI=1S/C15H17N3O/c1-10(2)15(19)18-12-5-3-11(4-6-12)13-9-17-8-7-14(13)16/h3-10H,1-2H3,(H2,16,17)(H,18,19). The van der Waals surface area contributed by atoms with Crippen molar-refractivity contribution in [1.29, 1.82) is 0 Å². The summed E-state index contributed by atoms with van der Waals surface area (Å²) in [7, 11) is 0. The number of hydrogen-bond donors (Lipinski definition) is 2. The van der Waals surface area contributed by atoms with E-state index in [0.717, 1.165) is 16.8 Å². The van der Waals surface area contributed by atoms with E-state index in [-0.39, 0.29) is 11.8 Å². The molecule has 1 heterocycles. The van der Waals surface area contributed by atoms with Crippen molar-refractivity contribution in [2.75, 3.05) is 11.1 Å². The Labute approximate surface area is 112 Å². The largest absolute Gasteiger partial charge is 0.398 e. The van der Waals surface area contributed by atoms with E-state index >= 15 is 0 Å². The molecule has 0 fully saturated rings. The van der Waals surface area contributed by atoms with Gasteiger partial charge in [-0.3, -0.25) is 9.78 Å². The van der Waals surface area contributed by atoms with Crippen molar-refractivity contribution >= 4 is 17.3 Å². The zero-order chi connectivity index (χ0) is 13.8. The summed E-state index contributed by atoms with van der Waals surface area (Å²) in [4.78, 5) is 15.6. The maximum absolute atomic E-state index is 11.6. The van der Waals surface area contributed by atoms with Gasteiger partial charge in [0.15, 0.2) is 0 Å². The number of amides is 1. The number of rotatable bonds is 3. The number of nitrogen functional groups attached to an aromatic ring is 1. The first-order valence-electron chi connectivity index (χ1n) is 6.18. The average molecular weight is 255 g/mol. The predicted molar refractivity (Wildman–Crippen MR) is 77.6 cm³/mol. The van der Waals surface area contributed by atoms with Crippen LogP contribution in [0.15, 0.2) is 42.7 Å². The summed E-state index contributed by atoms with van der Waals surface area (Å²) in [5.41, 5.74) is 9.25. The molecule has 0 spiro atoms. The zero-order valence-electron chi connectivity index (χ0n) is 11.1. The number of anilines is 2. The number of nitrogens with two attached hydrogens (primary N) is 1. The van der Waals surface area contributed by atoms with Crippen molar-refractivity contribution in [3.8, 4) is 11.1 Å². The number of hydrogen-bond acceptors (Lipinski definition) is 3. The van der Waals surface area contributed by atoms with E-state index in [1.807, 2.05) is 38.1 Å². The van der Waals surface area contributed by atoms with Crippen LogP contribution in [-0.4, -0.2) is 10.9 Å². The van der Waals surface area contributed by atoms with Gasteiger partial charge in [-0.2, -0.15) is 0 Å². The molecule has 0 aliphatic rings. The Bertz CT molecular complexity index is 576. The quantitative estimate of drug-likeness (QED) is 0.886. The molecule has 3 N–H and O–H groups in total. The molecule has 1 amide bonds. The molecule has 4 heteroatoms. The van der Waals surface area contributed by atoms with Gasteiger partial charge in [0.1, 0.15) is 0 Å². The van der Waals surface area contributed by atoms with Crippen LogP contribution in [0.1, 0.15) is 13.8 Å². The number of carbonyl (C=O) groups is 1. The van der Waals surface area contributed by atoms with Crippen LogP contribution in [0.5, 0.6) is 0 Å². The molecule has 2 rings (SSSR count). The molecule has 2 aromatic rings. The van der Waals surface area contributed by atoms with Gasteiger partial charge in [-0.1, -0.05) is 26.0 Å². The monoisotopic (exact) mass is 255 g/mol. The minimum atomic E-state index is -0.0337. The summed E-state index contributed by atoms with van der Waals surface area (Å²) < 4.78 is 0. The minimum absolute atomic E-state index is 0.00800. The second-order valence-electron chi connectivity index (χ2n) is 4.68. The highest BCUT2D eigenvalue weighted by atomic mass is 16.1. The Kier molecular flexibility index (Phi) is 3.80. The van der Waals surface area contributed by atoms with Crippen LogP contribution in [0.3, 0.4) is 0 Å². The fraction of sp³-hybridized carbons (Fsp3) is 0.200.